The van der Waals surface area contributed by atoms with E-state index in [4.69, 9.17) is 4.74 Å². The first-order chi connectivity index (χ1) is 13.7. The van der Waals surface area contributed by atoms with Gasteiger partial charge in [-0.3, -0.25) is 4.90 Å². The van der Waals surface area contributed by atoms with Gasteiger partial charge >= 0.3 is 0 Å². The van der Waals surface area contributed by atoms with Gasteiger partial charge in [0.05, 0.1) is 7.11 Å². The molecule has 0 aromatic heterocycles. The van der Waals surface area contributed by atoms with Gasteiger partial charge in [0.25, 0.3) is 0 Å². The van der Waals surface area contributed by atoms with Gasteiger partial charge in [0.2, 0.25) is 0 Å². The van der Waals surface area contributed by atoms with E-state index < -0.39 is 0 Å². The molecule has 1 aliphatic rings. The molecule has 0 aliphatic carbocycles. The van der Waals surface area contributed by atoms with Gasteiger partial charge in [-0.05, 0) is 56.9 Å². The molecule has 3 nitrogen and oxygen atoms in total. The molecule has 1 fully saturated rings. The van der Waals surface area contributed by atoms with Gasteiger partial charge in [0.15, 0.2) is 0 Å². The predicted molar refractivity (Wildman–Crippen MR) is 119 cm³/mol. The number of hydrogen-bond acceptors (Lipinski definition) is 3. The van der Waals surface area contributed by atoms with Gasteiger partial charge in [-0.2, -0.15) is 0 Å². The lowest BCUT2D eigenvalue weighted by Gasteiger charge is -2.33. The van der Waals surface area contributed by atoms with Gasteiger partial charge in [-0.15, -0.1) is 0 Å². The standard InChI is InChI=1S/C25H34N2O/c1-26-18-14-23(15-19-26)21-27(20-16-22-9-4-3-5-10-22)17-8-12-24-11-6-7-13-25(24)28-2/h3-13,23H,14-21H2,1-2H3/b12-8+. The molecule has 0 bridgehead atoms. The Morgan fingerprint density at radius 1 is 1.04 bits per heavy atom. The van der Waals surface area contributed by atoms with Crippen molar-refractivity contribution in [1.29, 1.82) is 0 Å². The first-order valence-electron chi connectivity index (χ1n) is 10.5. The molecular formula is C25H34N2O. The molecular weight excluding hydrogens is 344 g/mol. The molecule has 1 aliphatic heterocycles. The van der Waals surface area contributed by atoms with Crippen LogP contribution in [0.1, 0.15) is 24.0 Å². The van der Waals surface area contributed by atoms with Gasteiger partial charge in [0, 0.05) is 25.2 Å². The quantitative estimate of drug-likeness (QED) is 0.634. The normalized spacial score (nSPS) is 16.1. The fourth-order valence-corrected chi connectivity index (χ4v) is 3.93. The van der Waals surface area contributed by atoms with Crippen LogP contribution in [0.2, 0.25) is 0 Å². The van der Waals surface area contributed by atoms with E-state index in [0.717, 1.165) is 36.7 Å². The van der Waals surface area contributed by atoms with Crippen molar-refractivity contribution in [2.24, 2.45) is 5.92 Å². The lowest BCUT2D eigenvalue weighted by molar-refractivity contribution is 0.169. The fourth-order valence-electron chi connectivity index (χ4n) is 3.93. The third-order valence-electron chi connectivity index (χ3n) is 5.71. The second-order valence-corrected chi connectivity index (χ2v) is 7.89. The van der Waals surface area contributed by atoms with Crippen molar-refractivity contribution >= 4 is 6.08 Å². The number of piperidine rings is 1. The third kappa shape index (κ3) is 6.50. The molecule has 0 amide bonds. The lowest BCUT2D eigenvalue weighted by atomic mass is 9.96. The summed E-state index contributed by atoms with van der Waals surface area (Å²) in [6.45, 7) is 5.74. The minimum absolute atomic E-state index is 0.812. The molecule has 1 heterocycles. The summed E-state index contributed by atoms with van der Waals surface area (Å²) in [5.74, 6) is 1.75. The fraction of sp³-hybridized carbons (Fsp3) is 0.440. The second-order valence-electron chi connectivity index (χ2n) is 7.89. The average Bonchev–Trinajstić information content (AvgIpc) is 2.74. The minimum atomic E-state index is 0.812. The van der Waals surface area contributed by atoms with Crippen LogP contribution in [-0.2, 0) is 6.42 Å². The van der Waals surface area contributed by atoms with E-state index >= 15 is 0 Å². The highest BCUT2D eigenvalue weighted by Gasteiger charge is 2.19. The van der Waals surface area contributed by atoms with Gasteiger partial charge in [-0.25, -0.2) is 0 Å². The molecule has 3 heteroatoms. The molecule has 0 N–H and O–H groups in total. The summed E-state index contributed by atoms with van der Waals surface area (Å²) in [5.41, 5.74) is 2.57. The summed E-state index contributed by atoms with van der Waals surface area (Å²) >= 11 is 0. The van der Waals surface area contributed by atoms with Crippen molar-refractivity contribution in [1.82, 2.24) is 9.80 Å². The van der Waals surface area contributed by atoms with Crippen LogP contribution in [0.5, 0.6) is 5.75 Å². The SMILES string of the molecule is COc1ccccc1/C=C/CN(CCc1ccccc1)CC1CCN(C)CC1. The van der Waals surface area contributed by atoms with E-state index in [9.17, 15) is 0 Å². The van der Waals surface area contributed by atoms with Crippen LogP contribution < -0.4 is 4.74 Å². The van der Waals surface area contributed by atoms with E-state index in [2.05, 4.69) is 71.5 Å². The van der Waals surface area contributed by atoms with Crippen molar-refractivity contribution in [3.05, 3.63) is 71.8 Å². The summed E-state index contributed by atoms with van der Waals surface area (Å²) in [5, 5.41) is 0. The number of rotatable bonds is 9. The first-order valence-corrected chi connectivity index (χ1v) is 10.5. The Morgan fingerprint density at radius 2 is 1.75 bits per heavy atom. The maximum atomic E-state index is 5.47. The Morgan fingerprint density at radius 3 is 2.50 bits per heavy atom. The Labute approximate surface area is 170 Å². The molecule has 3 rings (SSSR count). The topological polar surface area (TPSA) is 15.7 Å². The number of ether oxygens (including phenoxy) is 1. The minimum Gasteiger partial charge on any atom is -0.496 e. The number of hydrogen-bond donors (Lipinski definition) is 0. The van der Waals surface area contributed by atoms with E-state index in [1.165, 1.54) is 38.0 Å². The molecule has 150 valence electrons. The van der Waals surface area contributed by atoms with Crippen LogP contribution >= 0.6 is 0 Å². The van der Waals surface area contributed by atoms with E-state index in [-0.39, 0.29) is 0 Å². The zero-order valence-corrected chi connectivity index (χ0v) is 17.4. The van der Waals surface area contributed by atoms with Crippen LogP contribution in [0.3, 0.4) is 0 Å². The zero-order chi connectivity index (χ0) is 19.6. The molecule has 0 atom stereocenters. The Bertz CT molecular complexity index is 720. The number of nitrogens with zero attached hydrogens (tertiary/aromatic N) is 2. The summed E-state index contributed by atoms with van der Waals surface area (Å²) in [7, 11) is 3.97. The molecule has 0 spiro atoms. The van der Waals surface area contributed by atoms with Gasteiger partial charge < -0.3 is 9.64 Å². The molecule has 2 aromatic carbocycles. The van der Waals surface area contributed by atoms with Crippen molar-refractivity contribution in [3.63, 3.8) is 0 Å². The summed E-state index contributed by atoms with van der Waals surface area (Å²) < 4.78 is 5.47. The Kier molecular flexibility index (Phi) is 8.13. The molecule has 0 unspecified atom stereocenters. The number of para-hydroxylation sites is 1. The second kappa shape index (κ2) is 11.0. The van der Waals surface area contributed by atoms with Crippen molar-refractivity contribution in [2.75, 3.05) is 46.9 Å². The largest absolute Gasteiger partial charge is 0.496 e. The van der Waals surface area contributed by atoms with Crippen LogP contribution in [0.4, 0.5) is 0 Å². The smallest absolute Gasteiger partial charge is 0.126 e. The van der Waals surface area contributed by atoms with Crippen molar-refractivity contribution in [2.45, 2.75) is 19.3 Å². The maximum absolute atomic E-state index is 5.47. The third-order valence-corrected chi connectivity index (χ3v) is 5.71. The first kappa shape index (κ1) is 20.6. The summed E-state index contributed by atoms with van der Waals surface area (Å²) in [6, 6.07) is 19.0. The van der Waals surface area contributed by atoms with E-state index in [1.807, 2.05) is 12.1 Å². The van der Waals surface area contributed by atoms with Crippen LogP contribution in [0.15, 0.2) is 60.7 Å². The predicted octanol–water partition coefficient (Wildman–Crippen LogP) is 4.59. The Balaban J connectivity index is 1.60. The van der Waals surface area contributed by atoms with Crippen molar-refractivity contribution in [3.8, 4) is 5.75 Å². The van der Waals surface area contributed by atoms with Crippen molar-refractivity contribution < 1.29 is 4.74 Å². The monoisotopic (exact) mass is 378 g/mol. The molecule has 0 saturated carbocycles. The van der Waals surface area contributed by atoms with Crippen LogP contribution in [-0.4, -0.2) is 56.7 Å². The van der Waals surface area contributed by atoms with Crippen LogP contribution in [0.25, 0.3) is 6.08 Å². The highest BCUT2D eigenvalue weighted by atomic mass is 16.5. The molecule has 2 aromatic rings. The van der Waals surface area contributed by atoms with E-state index in [0.29, 0.717) is 0 Å². The molecule has 1 saturated heterocycles. The molecule has 28 heavy (non-hydrogen) atoms. The lowest BCUT2D eigenvalue weighted by Crippen LogP contribution is -2.38. The summed E-state index contributed by atoms with van der Waals surface area (Å²) in [4.78, 5) is 5.07. The number of likely N-dealkylation sites (tertiary alicyclic amines) is 1. The number of benzene rings is 2. The maximum Gasteiger partial charge on any atom is 0.126 e. The summed E-state index contributed by atoms with van der Waals surface area (Å²) in [6.07, 6.45) is 8.22. The Hall–Kier alpha value is -2.10. The van der Waals surface area contributed by atoms with Crippen LogP contribution in [0, 0.1) is 5.92 Å². The average molecular weight is 379 g/mol. The zero-order valence-electron chi connectivity index (χ0n) is 17.4. The highest BCUT2D eigenvalue weighted by molar-refractivity contribution is 5.57. The van der Waals surface area contributed by atoms with Gasteiger partial charge in [0.1, 0.15) is 5.75 Å². The highest BCUT2D eigenvalue weighted by Crippen LogP contribution is 2.20. The van der Waals surface area contributed by atoms with Gasteiger partial charge in [-0.1, -0.05) is 60.7 Å². The van der Waals surface area contributed by atoms with E-state index in [1.54, 1.807) is 7.11 Å². The molecule has 0 radical (unpaired) electrons. The number of methoxy groups -OCH3 is 1.